The summed E-state index contributed by atoms with van der Waals surface area (Å²) < 4.78 is 9.73. The topological polar surface area (TPSA) is 48.8 Å². The van der Waals surface area contributed by atoms with Gasteiger partial charge in [-0.2, -0.15) is 0 Å². The zero-order valence-electron chi connectivity index (χ0n) is 14.3. The lowest BCUT2D eigenvalue weighted by Crippen LogP contribution is -1.95. The molecule has 3 aromatic heterocycles. The summed E-state index contributed by atoms with van der Waals surface area (Å²) in [5.74, 6) is 0.665. The van der Waals surface area contributed by atoms with Gasteiger partial charge >= 0.3 is 0 Å². The van der Waals surface area contributed by atoms with Crippen LogP contribution in [0.15, 0.2) is 84.0 Å². The maximum Gasteiger partial charge on any atom is 0.236 e. The predicted octanol–water partition coefficient (Wildman–Crippen LogP) is 5.18. The first kappa shape index (κ1) is 15.9. The van der Waals surface area contributed by atoms with E-state index in [1.54, 1.807) is 6.20 Å². The highest BCUT2D eigenvalue weighted by atomic mass is 35.5. The number of para-hydroxylation sites is 1. The molecule has 0 atom stereocenters. The number of fused-ring (bicyclic) bond motifs is 1. The Morgan fingerprint density at radius 2 is 1.96 bits per heavy atom. The highest BCUT2D eigenvalue weighted by Gasteiger charge is 2.14. The van der Waals surface area contributed by atoms with Crippen LogP contribution in [0.2, 0.25) is 5.02 Å². The van der Waals surface area contributed by atoms with Gasteiger partial charge in [-0.3, -0.25) is 4.57 Å². The van der Waals surface area contributed by atoms with Gasteiger partial charge in [0.05, 0.1) is 18.4 Å². The standard InChI is InChI=1S/C21H15ClN4O/c22-17-5-3-4-15(10-17)19-11-21(27-24-19)26-13-16(12-25-9-8-23-14-25)18-6-1-2-7-20(18)26/h1-11,13-14H,12H2. The molecule has 0 saturated carbocycles. The van der Waals surface area contributed by atoms with Crippen molar-refractivity contribution in [3.8, 4) is 17.1 Å². The van der Waals surface area contributed by atoms with Crippen molar-refractivity contribution in [3.05, 3.63) is 90.1 Å². The Kier molecular flexibility index (Phi) is 3.80. The molecule has 5 nitrogen and oxygen atoms in total. The second kappa shape index (κ2) is 6.45. The molecule has 0 fully saturated rings. The fourth-order valence-corrected chi connectivity index (χ4v) is 3.49. The Hall–Kier alpha value is -3.31. The van der Waals surface area contributed by atoms with Crippen molar-refractivity contribution in [1.82, 2.24) is 19.3 Å². The maximum absolute atomic E-state index is 6.10. The van der Waals surface area contributed by atoms with E-state index in [-0.39, 0.29) is 0 Å². The molecule has 0 spiro atoms. The van der Waals surface area contributed by atoms with E-state index in [0.29, 0.717) is 10.9 Å². The van der Waals surface area contributed by atoms with Crippen LogP contribution in [-0.4, -0.2) is 19.3 Å². The van der Waals surface area contributed by atoms with E-state index < -0.39 is 0 Å². The van der Waals surface area contributed by atoms with E-state index in [1.165, 1.54) is 10.9 Å². The first-order chi connectivity index (χ1) is 13.3. The fourth-order valence-electron chi connectivity index (χ4n) is 3.30. The molecule has 0 amide bonds. The number of imidazole rings is 1. The molecule has 0 bridgehead atoms. The average Bonchev–Trinajstić information content (AvgIpc) is 3.42. The van der Waals surface area contributed by atoms with Crippen molar-refractivity contribution >= 4 is 22.5 Å². The molecule has 27 heavy (non-hydrogen) atoms. The molecule has 6 heteroatoms. The SMILES string of the molecule is Clc1cccc(-c2cc(-n3cc(Cn4ccnc4)c4ccccc43)on2)c1. The van der Waals surface area contributed by atoms with Crippen LogP contribution in [0.25, 0.3) is 28.0 Å². The number of benzene rings is 2. The summed E-state index contributed by atoms with van der Waals surface area (Å²) in [7, 11) is 0. The second-order valence-electron chi connectivity index (χ2n) is 6.34. The van der Waals surface area contributed by atoms with Crippen LogP contribution in [0.4, 0.5) is 0 Å². The second-order valence-corrected chi connectivity index (χ2v) is 6.77. The molecule has 0 aliphatic carbocycles. The lowest BCUT2D eigenvalue weighted by Gasteiger charge is -1.99. The van der Waals surface area contributed by atoms with Crippen LogP contribution >= 0.6 is 11.6 Å². The molecule has 0 aliphatic rings. The van der Waals surface area contributed by atoms with Crippen LogP contribution in [0.1, 0.15) is 5.56 Å². The molecule has 0 unspecified atom stereocenters. The number of hydrogen-bond acceptors (Lipinski definition) is 3. The first-order valence-electron chi connectivity index (χ1n) is 8.56. The third-order valence-corrected chi connectivity index (χ3v) is 4.80. The van der Waals surface area contributed by atoms with Crippen LogP contribution in [-0.2, 0) is 6.54 Å². The van der Waals surface area contributed by atoms with E-state index in [2.05, 4.69) is 28.5 Å². The molecule has 0 aliphatic heterocycles. The Bertz CT molecular complexity index is 1220. The van der Waals surface area contributed by atoms with E-state index in [1.807, 2.05) is 64.1 Å². The maximum atomic E-state index is 6.10. The van der Waals surface area contributed by atoms with Gasteiger partial charge in [0.2, 0.25) is 5.88 Å². The third kappa shape index (κ3) is 2.92. The summed E-state index contributed by atoms with van der Waals surface area (Å²) in [5, 5.41) is 6.07. The summed E-state index contributed by atoms with van der Waals surface area (Å²) in [5.41, 5.74) is 3.93. The third-order valence-electron chi connectivity index (χ3n) is 4.56. The van der Waals surface area contributed by atoms with Gasteiger partial charge in [0.1, 0.15) is 5.69 Å². The summed E-state index contributed by atoms with van der Waals surface area (Å²) in [6.07, 6.45) is 7.65. The van der Waals surface area contributed by atoms with Gasteiger partial charge in [-0.25, -0.2) is 4.98 Å². The van der Waals surface area contributed by atoms with Crippen molar-refractivity contribution in [1.29, 1.82) is 0 Å². The van der Waals surface area contributed by atoms with Gasteiger partial charge in [0, 0.05) is 40.6 Å². The normalized spacial score (nSPS) is 11.3. The number of nitrogens with zero attached hydrogens (tertiary/aromatic N) is 4. The highest BCUT2D eigenvalue weighted by Crippen LogP contribution is 2.29. The molecule has 0 saturated heterocycles. The van der Waals surface area contributed by atoms with E-state index in [9.17, 15) is 0 Å². The monoisotopic (exact) mass is 374 g/mol. The van der Waals surface area contributed by atoms with Crippen molar-refractivity contribution in [3.63, 3.8) is 0 Å². The van der Waals surface area contributed by atoms with Crippen LogP contribution in [0.5, 0.6) is 0 Å². The predicted molar refractivity (Wildman–Crippen MR) is 105 cm³/mol. The lowest BCUT2D eigenvalue weighted by atomic mass is 10.1. The number of rotatable bonds is 4. The number of halogens is 1. The van der Waals surface area contributed by atoms with Gasteiger partial charge in [-0.15, -0.1) is 0 Å². The molecule has 132 valence electrons. The number of hydrogen-bond donors (Lipinski definition) is 0. The quantitative estimate of drug-likeness (QED) is 0.435. The Labute approximate surface area is 160 Å². The van der Waals surface area contributed by atoms with Gasteiger partial charge < -0.3 is 9.09 Å². The Morgan fingerprint density at radius 1 is 1.04 bits per heavy atom. The molecule has 2 aromatic carbocycles. The Balaban J connectivity index is 1.59. The lowest BCUT2D eigenvalue weighted by molar-refractivity contribution is 0.410. The van der Waals surface area contributed by atoms with Crippen molar-refractivity contribution in [2.75, 3.05) is 0 Å². The summed E-state index contributed by atoms with van der Waals surface area (Å²) in [6.45, 7) is 0.739. The van der Waals surface area contributed by atoms with Crippen molar-refractivity contribution in [2.24, 2.45) is 0 Å². The molecule has 5 rings (SSSR count). The molecule has 3 heterocycles. The van der Waals surface area contributed by atoms with E-state index in [0.717, 1.165) is 23.3 Å². The zero-order valence-corrected chi connectivity index (χ0v) is 15.0. The zero-order chi connectivity index (χ0) is 18.2. The summed E-state index contributed by atoms with van der Waals surface area (Å²) in [6, 6.07) is 17.8. The molecule has 0 N–H and O–H groups in total. The van der Waals surface area contributed by atoms with Crippen LogP contribution in [0.3, 0.4) is 0 Å². The highest BCUT2D eigenvalue weighted by molar-refractivity contribution is 6.30. The van der Waals surface area contributed by atoms with Crippen LogP contribution < -0.4 is 0 Å². The molecular formula is C21H15ClN4O. The molecule has 5 aromatic rings. The van der Waals surface area contributed by atoms with Gasteiger partial charge in [0.25, 0.3) is 0 Å². The minimum atomic E-state index is 0.665. The van der Waals surface area contributed by atoms with Crippen molar-refractivity contribution in [2.45, 2.75) is 6.54 Å². The first-order valence-corrected chi connectivity index (χ1v) is 8.93. The van der Waals surface area contributed by atoms with Crippen molar-refractivity contribution < 1.29 is 4.52 Å². The van der Waals surface area contributed by atoms with Gasteiger partial charge in [-0.05, 0) is 23.8 Å². The number of aromatic nitrogens is 4. The minimum absolute atomic E-state index is 0.665. The summed E-state index contributed by atoms with van der Waals surface area (Å²) in [4.78, 5) is 4.12. The average molecular weight is 375 g/mol. The smallest absolute Gasteiger partial charge is 0.236 e. The largest absolute Gasteiger partial charge is 0.337 e. The minimum Gasteiger partial charge on any atom is -0.337 e. The molecule has 0 radical (unpaired) electrons. The summed E-state index contributed by atoms with van der Waals surface area (Å²) >= 11 is 6.10. The fraction of sp³-hybridized carbons (Fsp3) is 0.0476. The van der Waals surface area contributed by atoms with E-state index in [4.69, 9.17) is 16.1 Å². The Morgan fingerprint density at radius 3 is 2.81 bits per heavy atom. The van der Waals surface area contributed by atoms with Crippen LogP contribution in [0, 0.1) is 0 Å². The van der Waals surface area contributed by atoms with Gasteiger partial charge in [-0.1, -0.05) is 47.1 Å². The molecular weight excluding hydrogens is 360 g/mol. The van der Waals surface area contributed by atoms with E-state index >= 15 is 0 Å². The van der Waals surface area contributed by atoms with Gasteiger partial charge in [0.15, 0.2) is 0 Å².